The van der Waals surface area contributed by atoms with Crippen LogP contribution in [0.1, 0.15) is 47.0 Å². The molecule has 31 heavy (non-hydrogen) atoms. The van der Waals surface area contributed by atoms with Crippen molar-refractivity contribution in [1.82, 2.24) is 16.0 Å². The lowest BCUT2D eigenvalue weighted by Crippen LogP contribution is -2.59. The van der Waals surface area contributed by atoms with Gasteiger partial charge in [-0.2, -0.15) is 24.4 Å². The van der Waals surface area contributed by atoms with Gasteiger partial charge in [-0.3, -0.25) is 14.4 Å². The lowest BCUT2D eigenvalue weighted by atomic mass is 9.96. The Morgan fingerprint density at radius 1 is 1.00 bits per heavy atom. The van der Waals surface area contributed by atoms with Gasteiger partial charge < -0.3 is 26.8 Å². The molecule has 5 atom stereocenters. The molecule has 0 aromatic rings. The van der Waals surface area contributed by atoms with Gasteiger partial charge in [0.2, 0.25) is 17.7 Å². The Kier molecular flexibility index (Phi) is 14.6. The van der Waals surface area contributed by atoms with Crippen LogP contribution in [-0.4, -0.2) is 70.7 Å². The number of hydrogen-bond donors (Lipinski definition) is 6. The molecule has 0 aliphatic heterocycles. The van der Waals surface area contributed by atoms with Crippen LogP contribution in [0.25, 0.3) is 0 Å². The molecule has 0 heterocycles. The molecular formula is C20H38N4O5S2. The normalized spacial score (nSPS) is 16.0. The van der Waals surface area contributed by atoms with Crippen LogP contribution in [0.2, 0.25) is 0 Å². The second-order valence-corrected chi connectivity index (χ2v) is 9.38. The van der Waals surface area contributed by atoms with Gasteiger partial charge in [-0.15, -0.1) is 0 Å². The maximum absolute atomic E-state index is 13.0. The number of carbonyl (C=O) groups excluding carboxylic acids is 3. The highest BCUT2D eigenvalue weighted by molar-refractivity contribution is 7.98. The molecule has 11 heteroatoms. The summed E-state index contributed by atoms with van der Waals surface area (Å²) in [6.45, 7) is 7.49. The first-order valence-corrected chi connectivity index (χ1v) is 12.5. The summed E-state index contributed by atoms with van der Waals surface area (Å²) in [5, 5.41) is 17.0. The Hall–Kier alpha value is -1.46. The molecule has 0 aromatic carbocycles. The highest BCUT2D eigenvalue weighted by Crippen LogP contribution is 2.12. The summed E-state index contributed by atoms with van der Waals surface area (Å²) in [7, 11) is 0. The number of nitrogens with two attached hydrogens (primary N) is 1. The topological polar surface area (TPSA) is 151 Å². The number of carboxylic acid groups (broad SMARTS) is 1. The van der Waals surface area contributed by atoms with Crippen LogP contribution in [0, 0.1) is 11.8 Å². The zero-order chi connectivity index (χ0) is 24.1. The minimum atomic E-state index is -1.21. The van der Waals surface area contributed by atoms with Crippen molar-refractivity contribution in [2.45, 2.75) is 71.1 Å². The van der Waals surface area contributed by atoms with Crippen LogP contribution < -0.4 is 21.7 Å². The predicted molar refractivity (Wildman–Crippen MR) is 127 cm³/mol. The number of nitrogens with one attached hydrogen (secondary N) is 3. The molecule has 0 saturated carbocycles. The van der Waals surface area contributed by atoms with E-state index in [0.29, 0.717) is 19.3 Å². The number of thioether (sulfide) groups is 1. The van der Waals surface area contributed by atoms with Crippen LogP contribution >= 0.6 is 24.4 Å². The van der Waals surface area contributed by atoms with Gasteiger partial charge in [0.15, 0.2) is 0 Å². The molecule has 0 rings (SSSR count). The van der Waals surface area contributed by atoms with E-state index in [1.807, 2.05) is 27.0 Å². The first kappa shape index (κ1) is 29.5. The summed E-state index contributed by atoms with van der Waals surface area (Å²) in [6.07, 6.45) is 3.36. The molecule has 6 N–H and O–H groups in total. The first-order valence-electron chi connectivity index (χ1n) is 10.5. The monoisotopic (exact) mass is 478 g/mol. The Labute approximate surface area is 194 Å². The summed E-state index contributed by atoms with van der Waals surface area (Å²) < 4.78 is 0. The van der Waals surface area contributed by atoms with Crippen molar-refractivity contribution in [2.75, 3.05) is 17.8 Å². The van der Waals surface area contributed by atoms with E-state index in [9.17, 15) is 19.2 Å². The van der Waals surface area contributed by atoms with Crippen molar-refractivity contribution in [3.63, 3.8) is 0 Å². The average molecular weight is 479 g/mol. The molecule has 9 nitrogen and oxygen atoms in total. The van der Waals surface area contributed by atoms with Crippen LogP contribution in [0.4, 0.5) is 0 Å². The molecule has 0 bridgehead atoms. The smallest absolute Gasteiger partial charge is 0.327 e. The van der Waals surface area contributed by atoms with E-state index < -0.39 is 47.9 Å². The molecule has 0 spiro atoms. The fraction of sp³-hybridized carbons (Fsp3) is 0.800. The number of rotatable bonds is 15. The van der Waals surface area contributed by atoms with E-state index in [2.05, 4.69) is 28.6 Å². The Morgan fingerprint density at radius 3 is 2.03 bits per heavy atom. The summed E-state index contributed by atoms with van der Waals surface area (Å²) in [5.74, 6) is -2.23. The highest BCUT2D eigenvalue weighted by atomic mass is 32.2. The van der Waals surface area contributed by atoms with E-state index in [1.54, 1.807) is 18.7 Å². The van der Waals surface area contributed by atoms with Crippen LogP contribution in [0.3, 0.4) is 0 Å². The van der Waals surface area contributed by atoms with Gasteiger partial charge in [0.1, 0.15) is 18.1 Å². The van der Waals surface area contributed by atoms with Crippen molar-refractivity contribution < 1.29 is 24.3 Å². The van der Waals surface area contributed by atoms with E-state index in [1.165, 1.54) is 0 Å². The van der Waals surface area contributed by atoms with Crippen LogP contribution in [0.5, 0.6) is 0 Å². The summed E-state index contributed by atoms with van der Waals surface area (Å²) in [6, 6.07) is -3.70. The second-order valence-electron chi connectivity index (χ2n) is 8.03. The standard InChI is InChI=1S/C20H38N4O5S2/c1-6-12(4)16(19(27)23-15(10-30)20(28)29)24-18(26)14(9-11(2)3)22-17(25)13(21)7-8-31-5/h11-16,30H,6-10,21H2,1-5H3,(H,22,25)(H,23,27)(H,24,26)(H,28,29). The molecule has 0 aliphatic carbocycles. The first-order chi connectivity index (χ1) is 14.5. The molecule has 0 aliphatic rings. The number of thiol groups is 1. The minimum Gasteiger partial charge on any atom is -0.480 e. The Balaban J connectivity index is 5.42. The number of carboxylic acids is 1. The fourth-order valence-electron chi connectivity index (χ4n) is 2.76. The molecule has 0 saturated heterocycles. The van der Waals surface area contributed by atoms with Gasteiger partial charge >= 0.3 is 5.97 Å². The largest absolute Gasteiger partial charge is 0.480 e. The zero-order valence-electron chi connectivity index (χ0n) is 19.0. The number of aliphatic carboxylic acids is 1. The third kappa shape index (κ3) is 11.1. The average Bonchev–Trinajstić information content (AvgIpc) is 2.71. The fourth-order valence-corrected chi connectivity index (χ4v) is 3.50. The third-order valence-corrected chi connectivity index (χ3v) is 5.91. The van der Waals surface area contributed by atoms with Crippen molar-refractivity contribution >= 4 is 48.1 Å². The SMILES string of the molecule is CCC(C)C(NC(=O)C(CC(C)C)NC(=O)C(N)CCSC)C(=O)NC(CS)C(=O)O. The Morgan fingerprint density at radius 2 is 1.58 bits per heavy atom. The van der Waals surface area contributed by atoms with Crippen molar-refractivity contribution in [1.29, 1.82) is 0 Å². The number of amides is 3. The lowest BCUT2D eigenvalue weighted by molar-refractivity contribution is -0.142. The maximum atomic E-state index is 13.0. The summed E-state index contributed by atoms with van der Waals surface area (Å²) in [5.41, 5.74) is 5.92. The number of carbonyl (C=O) groups is 4. The van der Waals surface area contributed by atoms with E-state index in [-0.39, 0.29) is 17.6 Å². The summed E-state index contributed by atoms with van der Waals surface area (Å²) >= 11 is 5.53. The van der Waals surface area contributed by atoms with Crippen molar-refractivity contribution in [2.24, 2.45) is 17.6 Å². The molecule has 3 amide bonds. The van der Waals surface area contributed by atoms with Gasteiger partial charge in [0.25, 0.3) is 0 Å². The van der Waals surface area contributed by atoms with Crippen molar-refractivity contribution in [3.05, 3.63) is 0 Å². The van der Waals surface area contributed by atoms with Gasteiger partial charge in [-0.05, 0) is 36.7 Å². The van der Waals surface area contributed by atoms with Gasteiger partial charge in [0.05, 0.1) is 6.04 Å². The molecule has 0 aromatic heterocycles. The summed E-state index contributed by atoms with van der Waals surface area (Å²) in [4.78, 5) is 49.4. The van der Waals surface area contributed by atoms with Crippen LogP contribution in [0.15, 0.2) is 0 Å². The molecular weight excluding hydrogens is 440 g/mol. The number of hydrogen-bond acceptors (Lipinski definition) is 7. The van der Waals surface area contributed by atoms with Crippen molar-refractivity contribution in [3.8, 4) is 0 Å². The van der Waals surface area contributed by atoms with Gasteiger partial charge in [-0.25, -0.2) is 4.79 Å². The van der Waals surface area contributed by atoms with Gasteiger partial charge in [0, 0.05) is 5.75 Å². The zero-order valence-corrected chi connectivity index (χ0v) is 20.7. The lowest BCUT2D eigenvalue weighted by Gasteiger charge is -2.28. The third-order valence-electron chi connectivity index (χ3n) is 4.90. The second kappa shape index (κ2) is 15.4. The molecule has 180 valence electrons. The van der Waals surface area contributed by atoms with E-state index in [4.69, 9.17) is 10.8 Å². The van der Waals surface area contributed by atoms with E-state index in [0.717, 1.165) is 5.75 Å². The maximum Gasteiger partial charge on any atom is 0.327 e. The quantitative estimate of drug-likeness (QED) is 0.189. The minimum absolute atomic E-state index is 0.0811. The molecule has 0 radical (unpaired) electrons. The molecule has 0 fully saturated rings. The Bertz CT molecular complexity index is 606. The van der Waals surface area contributed by atoms with E-state index >= 15 is 0 Å². The highest BCUT2D eigenvalue weighted by Gasteiger charge is 2.32. The predicted octanol–water partition coefficient (Wildman–Crippen LogP) is 0.628. The van der Waals surface area contributed by atoms with Gasteiger partial charge in [-0.1, -0.05) is 34.1 Å². The molecule has 5 unspecified atom stereocenters. The van der Waals surface area contributed by atoms with Crippen LogP contribution in [-0.2, 0) is 19.2 Å².